The number of anilines is 1. The van der Waals surface area contributed by atoms with Gasteiger partial charge in [0.15, 0.2) is 0 Å². The molecule has 0 atom stereocenters. The third-order valence-corrected chi connectivity index (χ3v) is 2.60. The van der Waals surface area contributed by atoms with Crippen molar-refractivity contribution in [3.63, 3.8) is 0 Å². The molecule has 94 valence electrons. The van der Waals surface area contributed by atoms with Gasteiger partial charge in [0.05, 0.1) is 19.5 Å². The Bertz CT molecular complexity index is 479. The van der Waals surface area contributed by atoms with Crippen LogP contribution in [0, 0.1) is 0 Å². The Labute approximate surface area is 103 Å². The van der Waals surface area contributed by atoms with Crippen molar-refractivity contribution >= 4 is 23.5 Å². The molecular formula is C12H12N2O4. The molecule has 1 aliphatic heterocycles. The predicted molar refractivity (Wildman–Crippen MR) is 63.1 cm³/mol. The first-order valence-corrected chi connectivity index (χ1v) is 5.43. The summed E-state index contributed by atoms with van der Waals surface area (Å²) in [5.41, 5.74) is 1.41. The van der Waals surface area contributed by atoms with Crippen molar-refractivity contribution in [3.8, 4) is 0 Å². The summed E-state index contributed by atoms with van der Waals surface area (Å²) < 4.78 is 0. The molecule has 1 fully saturated rings. The summed E-state index contributed by atoms with van der Waals surface area (Å²) in [5.74, 6) is -1.56. The molecule has 0 saturated carbocycles. The van der Waals surface area contributed by atoms with Crippen LogP contribution in [-0.2, 0) is 20.8 Å². The molecule has 1 aromatic carbocycles. The molecule has 6 heteroatoms. The number of nitrogens with one attached hydrogen (secondary N) is 1. The number of carbonyl (C=O) groups excluding carboxylic acids is 2. The number of hydrogen-bond acceptors (Lipinski definition) is 4. The lowest BCUT2D eigenvalue weighted by molar-refractivity contribution is -0.136. The van der Waals surface area contributed by atoms with E-state index in [-0.39, 0.29) is 31.3 Å². The van der Waals surface area contributed by atoms with Gasteiger partial charge in [-0.2, -0.15) is 0 Å². The predicted octanol–water partition coefficient (Wildman–Crippen LogP) is -0.223. The number of amides is 2. The molecule has 1 heterocycles. The van der Waals surface area contributed by atoms with Crippen LogP contribution in [0.2, 0.25) is 0 Å². The normalized spacial score (nSPS) is 15.4. The summed E-state index contributed by atoms with van der Waals surface area (Å²) in [4.78, 5) is 34.6. The minimum Gasteiger partial charge on any atom is -0.481 e. The number of carboxylic acid groups (broad SMARTS) is 1. The molecule has 1 aromatic rings. The summed E-state index contributed by atoms with van der Waals surface area (Å²) in [6.07, 6.45) is -0.0420. The standard InChI is InChI=1S/C12H12N2O4/c15-10-6-14(7-11(16)13-10)9-3-1-8(2-4-9)5-12(17)18/h1-4H,5-7H2,(H,17,18)(H,13,15,16). The van der Waals surface area contributed by atoms with Gasteiger partial charge >= 0.3 is 5.97 Å². The van der Waals surface area contributed by atoms with Crippen LogP contribution in [0.25, 0.3) is 0 Å². The molecule has 0 unspecified atom stereocenters. The average molecular weight is 248 g/mol. The smallest absolute Gasteiger partial charge is 0.307 e. The number of rotatable bonds is 3. The van der Waals surface area contributed by atoms with Gasteiger partial charge in [0.25, 0.3) is 0 Å². The number of hydrogen-bond donors (Lipinski definition) is 2. The Morgan fingerprint density at radius 3 is 2.22 bits per heavy atom. The molecule has 6 nitrogen and oxygen atoms in total. The molecule has 1 aliphatic rings. The van der Waals surface area contributed by atoms with Gasteiger partial charge in [-0.15, -0.1) is 0 Å². The van der Waals surface area contributed by atoms with E-state index in [0.717, 1.165) is 5.69 Å². The molecule has 0 radical (unpaired) electrons. The second-order valence-electron chi connectivity index (χ2n) is 4.06. The van der Waals surface area contributed by atoms with Crippen molar-refractivity contribution in [1.29, 1.82) is 0 Å². The van der Waals surface area contributed by atoms with E-state index in [1.54, 1.807) is 29.2 Å². The zero-order valence-corrected chi connectivity index (χ0v) is 9.55. The van der Waals surface area contributed by atoms with E-state index in [2.05, 4.69) is 5.32 Å². The van der Waals surface area contributed by atoms with Crippen molar-refractivity contribution in [2.45, 2.75) is 6.42 Å². The highest BCUT2D eigenvalue weighted by atomic mass is 16.4. The fraction of sp³-hybridized carbons (Fsp3) is 0.250. The lowest BCUT2D eigenvalue weighted by Crippen LogP contribution is -2.51. The van der Waals surface area contributed by atoms with E-state index in [1.807, 2.05) is 0 Å². The third kappa shape index (κ3) is 2.85. The van der Waals surface area contributed by atoms with Crippen LogP contribution < -0.4 is 10.2 Å². The number of imide groups is 1. The maximum atomic E-state index is 11.2. The largest absolute Gasteiger partial charge is 0.481 e. The van der Waals surface area contributed by atoms with Crippen LogP contribution >= 0.6 is 0 Å². The van der Waals surface area contributed by atoms with Crippen LogP contribution in [0.5, 0.6) is 0 Å². The minimum atomic E-state index is -0.893. The number of carbonyl (C=O) groups is 3. The zero-order chi connectivity index (χ0) is 13.1. The number of nitrogens with zero attached hydrogens (tertiary/aromatic N) is 1. The average Bonchev–Trinajstić information content (AvgIpc) is 2.27. The number of aliphatic carboxylic acids is 1. The van der Waals surface area contributed by atoms with Crippen molar-refractivity contribution in [2.75, 3.05) is 18.0 Å². The number of benzene rings is 1. The van der Waals surface area contributed by atoms with Gasteiger partial charge < -0.3 is 10.0 Å². The van der Waals surface area contributed by atoms with E-state index in [0.29, 0.717) is 5.56 Å². The highest BCUT2D eigenvalue weighted by Gasteiger charge is 2.22. The van der Waals surface area contributed by atoms with Gasteiger partial charge in [-0.3, -0.25) is 19.7 Å². The summed E-state index contributed by atoms with van der Waals surface area (Å²) in [6, 6.07) is 6.79. The first-order valence-electron chi connectivity index (χ1n) is 5.43. The van der Waals surface area contributed by atoms with Crippen LogP contribution in [0.4, 0.5) is 5.69 Å². The van der Waals surface area contributed by atoms with E-state index >= 15 is 0 Å². The summed E-state index contributed by atoms with van der Waals surface area (Å²) >= 11 is 0. The van der Waals surface area contributed by atoms with Gasteiger partial charge in [0.1, 0.15) is 0 Å². The van der Waals surface area contributed by atoms with Crippen molar-refractivity contribution in [1.82, 2.24) is 5.32 Å². The first-order chi connectivity index (χ1) is 8.54. The second kappa shape index (κ2) is 4.87. The van der Waals surface area contributed by atoms with Crippen molar-refractivity contribution in [2.24, 2.45) is 0 Å². The highest BCUT2D eigenvalue weighted by molar-refractivity contribution is 6.02. The summed E-state index contributed by atoms with van der Waals surface area (Å²) in [7, 11) is 0. The van der Waals surface area contributed by atoms with Crippen molar-refractivity contribution in [3.05, 3.63) is 29.8 Å². The lowest BCUT2D eigenvalue weighted by Gasteiger charge is -2.27. The summed E-state index contributed by atoms with van der Waals surface area (Å²) in [5, 5.41) is 10.9. The Morgan fingerprint density at radius 2 is 1.72 bits per heavy atom. The molecule has 2 rings (SSSR count). The molecule has 0 bridgehead atoms. The third-order valence-electron chi connectivity index (χ3n) is 2.60. The van der Waals surface area contributed by atoms with E-state index in [9.17, 15) is 14.4 Å². The lowest BCUT2D eigenvalue weighted by atomic mass is 10.1. The molecule has 0 spiro atoms. The highest BCUT2D eigenvalue weighted by Crippen LogP contribution is 2.16. The van der Waals surface area contributed by atoms with E-state index in [1.165, 1.54) is 0 Å². The van der Waals surface area contributed by atoms with E-state index in [4.69, 9.17) is 5.11 Å². The molecule has 0 aliphatic carbocycles. The first kappa shape index (κ1) is 12.1. The SMILES string of the molecule is O=C(O)Cc1ccc(N2CC(=O)NC(=O)C2)cc1. The van der Waals surface area contributed by atoms with Gasteiger partial charge in [-0.25, -0.2) is 0 Å². The molecule has 2 amide bonds. The number of carboxylic acids is 1. The topological polar surface area (TPSA) is 86.7 Å². The molecule has 0 aromatic heterocycles. The fourth-order valence-electron chi connectivity index (χ4n) is 1.82. The number of piperazine rings is 1. The van der Waals surface area contributed by atoms with E-state index < -0.39 is 5.97 Å². The molecule has 2 N–H and O–H groups in total. The Hall–Kier alpha value is -2.37. The fourth-order valence-corrected chi connectivity index (χ4v) is 1.82. The van der Waals surface area contributed by atoms with Crippen LogP contribution in [0.15, 0.2) is 24.3 Å². The minimum absolute atomic E-state index is 0.0420. The molecule has 1 saturated heterocycles. The van der Waals surface area contributed by atoms with Crippen LogP contribution in [-0.4, -0.2) is 36.0 Å². The van der Waals surface area contributed by atoms with Crippen molar-refractivity contribution < 1.29 is 19.5 Å². The maximum absolute atomic E-state index is 11.2. The second-order valence-corrected chi connectivity index (χ2v) is 4.06. The van der Waals surface area contributed by atoms with Gasteiger partial charge in [-0.05, 0) is 17.7 Å². The molecule has 18 heavy (non-hydrogen) atoms. The zero-order valence-electron chi connectivity index (χ0n) is 9.55. The Kier molecular flexibility index (Phi) is 3.27. The Morgan fingerprint density at radius 1 is 1.17 bits per heavy atom. The van der Waals surface area contributed by atoms with Crippen LogP contribution in [0.1, 0.15) is 5.56 Å². The van der Waals surface area contributed by atoms with Crippen LogP contribution in [0.3, 0.4) is 0 Å². The molecular weight excluding hydrogens is 236 g/mol. The quantitative estimate of drug-likeness (QED) is 0.722. The van der Waals surface area contributed by atoms with Gasteiger partial charge in [0, 0.05) is 5.69 Å². The van der Waals surface area contributed by atoms with Gasteiger partial charge in [-0.1, -0.05) is 12.1 Å². The Balaban J connectivity index is 2.11. The monoisotopic (exact) mass is 248 g/mol. The summed E-state index contributed by atoms with van der Waals surface area (Å²) in [6.45, 7) is 0.258. The maximum Gasteiger partial charge on any atom is 0.307 e. The van der Waals surface area contributed by atoms with Gasteiger partial charge in [0.2, 0.25) is 11.8 Å².